The van der Waals surface area contributed by atoms with Crippen molar-refractivity contribution >= 4 is 11.8 Å². The van der Waals surface area contributed by atoms with E-state index in [-0.39, 0.29) is 0 Å². The number of aryl methyl sites for hydroxylation is 2. The van der Waals surface area contributed by atoms with Gasteiger partial charge in [0.05, 0.1) is 0 Å². The molecule has 0 heterocycles. The molecule has 2 heteroatoms. The van der Waals surface area contributed by atoms with E-state index in [0.29, 0.717) is 5.75 Å². The van der Waals surface area contributed by atoms with Crippen molar-refractivity contribution in [2.45, 2.75) is 77.0 Å². The molecule has 0 aliphatic carbocycles. The maximum atomic E-state index is 10.4. The lowest BCUT2D eigenvalue weighted by Gasteiger charge is -2.13. The molecule has 0 aromatic heterocycles. The van der Waals surface area contributed by atoms with Gasteiger partial charge in [0, 0.05) is 4.90 Å². The Balaban J connectivity index is 2.87. The van der Waals surface area contributed by atoms with Gasteiger partial charge in [-0.15, -0.1) is 11.8 Å². The van der Waals surface area contributed by atoms with Crippen LogP contribution in [0.3, 0.4) is 0 Å². The number of phenolic OH excluding ortho intramolecular Hbond substituents is 1. The van der Waals surface area contributed by atoms with Gasteiger partial charge in [-0.05, 0) is 55.1 Å². The smallest absolute Gasteiger partial charge is 0.132 e. The maximum Gasteiger partial charge on any atom is 0.132 e. The topological polar surface area (TPSA) is 20.2 Å². The minimum absolute atomic E-state index is 0.541. The van der Waals surface area contributed by atoms with Crippen molar-refractivity contribution in [3.63, 3.8) is 0 Å². The second-order valence-electron chi connectivity index (χ2n) is 5.51. The molecule has 0 spiro atoms. The van der Waals surface area contributed by atoms with Crippen LogP contribution in [0.4, 0.5) is 0 Å². The zero-order chi connectivity index (χ0) is 14.8. The van der Waals surface area contributed by atoms with Crippen LogP contribution in [0.5, 0.6) is 5.75 Å². The van der Waals surface area contributed by atoms with Gasteiger partial charge >= 0.3 is 0 Å². The summed E-state index contributed by atoms with van der Waals surface area (Å²) in [5.74, 6) is 1.65. The molecule has 0 saturated heterocycles. The third-order valence-electron chi connectivity index (χ3n) is 3.59. The van der Waals surface area contributed by atoms with Gasteiger partial charge in [0.2, 0.25) is 0 Å². The fourth-order valence-corrected chi connectivity index (χ4v) is 3.40. The minimum atomic E-state index is 0.541. The highest BCUT2D eigenvalue weighted by Crippen LogP contribution is 2.35. The van der Waals surface area contributed by atoms with E-state index in [4.69, 9.17) is 0 Å². The van der Waals surface area contributed by atoms with Crippen molar-refractivity contribution < 1.29 is 5.11 Å². The Hall–Kier alpha value is -0.630. The molecule has 0 radical (unpaired) electrons. The first-order valence-corrected chi connectivity index (χ1v) is 9.19. The molecule has 1 aromatic rings. The highest BCUT2D eigenvalue weighted by atomic mass is 32.2. The van der Waals surface area contributed by atoms with Crippen molar-refractivity contribution in [1.82, 2.24) is 0 Å². The predicted octanol–water partition coefficient (Wildman–Crippen LogP) is 5.97. The van der Waals surface area contributed by atoms with Crippen LogP contribution in [-0.2, 0) is 12.8 Å². The molecule has 0 aliphatic heterocycles. The van der Waals surface area contributed by atoms with E-state index in [1.807, 2.05) is 11.8 Å². The Bertz CT molecular complexity index is 387. The second-order valence-corrected chi connectivity index (χ2v) is 6.65. The summed E-state index contributed by atoms with van der Waals surface area (Å²) in [5.41, 5.74) is 2.55. The van der Waals surface area contributed by atoms with E-state index in [9.17, 15) is 5.11 Å². The van der Waals surface area contributed by atoms with Gasteiger partial charge in [0.15, 0.2) is 0 Å². The molecule has 0 atom stereocenters. The van der Waals surface area contributed by atoms with Crippen LogP contribution in [0.1, 0.15) is 70.4 Å². The summed E-state index contributed by atoms with van der Waals surface area (Å²) in [6.45, 7) is 6.65. The van der Waals surface area contributed by atoms with Crippen molar-refractivity contribution in [2.75, 3.05) is 5.75 Å². The standard InChI is InChI=1S/C18H30OS/c1-4-7-10-15-13-16(11-8-5-2)18(19)17(14-15)20-12-9-6-3/h13-14,19H,4-12H2,1-3H3. The number of phenols is 1. The molecule has 1 rings (SSSR count). The molecule has 0 aliphatic rings. The lowest BCUT2D eigenvalue weighted by molar-refractivity contribution is 0.453. The van der Waals surface area contributed by atoms with Crippen LogP contribution < -0.4 is 0 Å². The van der Waals surface area contributed by atoms with Gasteiger partial charge in [-0.2, -0.15) is 0 Å². The summed E-state index contributed by atoms with van der Waals surface area (Å²) < 4.78 is 0. The number of aromatic hydroxyl groups is 1. The largest absolute Gasteiger partial charge is 0.506 e. The molecule has 20 heavy (non-hydrogen) atoms. The van der Waals surface area contributed by atoms with Crippen molar-refractivity contribution in [2.24, 2.45) is 0 Å². The number of rotatable bonds is 10. The van der Waals surface area contributed by atoms with Crippen LogP contribution in [-0.4, -0.2) is 10.9 Å². The zero-order valence-corrected chi connectivity index (χ0v) is 14.2. The zero-order valence-electron chi connectivity index (χ0n) is 13.4. The average Bonchev–Trinajstić information content (AvgIpc) is 2.46. The van der Waals surface area contributed by atoms with Crippen LogP contribution in [0.25, 0.3) is 0 Å². The van der Waals surface area contributed by atoms with Crippen LogP contribution in [0, 0.1) is 0 Å². The first-order valence-electron chi connectivity index (χ1n) is 8.20. The number of hydrogen-bond acceptors (Lipinski definition) is 2. The third kappa shape index (κ3) is 5.78. The Kier molecular flexibility index (Phi) is 8.84. The van der Waals surface area contributed by atoms with E-state index in [2.05, 4.69) is 32.9 Å². The van der Waals surface area contributed by atoms with Crippen molar-refractivity contribution in [3.8, 4) is 5.75 Å². The average molecular weight is 295 g/mol. The quantitative estimate of drug-likeness (QED) is 0.424. The molecular weight excluding hydrogens is 264 g/mol. The van der Waals surface area contributed by atoms with Crippen molar-refractivity contribution in [1.29, 1.82) is 0 Å². The Labute approximate surface area is 129 Å². The minimum Gasteiger partial charge on any atom is -0.506 e. The van der Waals surface area contributed by atoms with E-state index in [1.54, 1.807) is 0 Å². The fraction of sp³-hybridized carbons (Fsp3) is 0.667. The molecule has 0 fully saturated rings. The molecule has 0 bridgehead atoms. The molecule has 1 nitrogen and oxygen atoms in total. The van der Waals surface area contributed by atoms with E-state index in [0.717, 1.165) is 35.5 Å². The molecule has 1 aromatic carbocycles. The fourth-order valence-electron chi connectivity index (χ4n) is 2.25. The van der Waals surface area contributed by atoms with E-state index >= 15 is 0 Å². The molecule has 0 saturated carbocycles. The molecular formula is C18H30OS. The summed E-state index contributed by atoms with van der Waals surface area (Å²) in [5, 5.41) is 10.4. The lowest BCUT2D eigenvalue weighted by Crippen LogP contribution is -1.94. The van der Waals surface area contributed by atoms with Crippen molar-refractivity contribution in [3.05, 3.63) is 23.3 Å². The molecule has 1 N–H and O–H groups in total. The Morgan fingerprint density at radius 2 is 1.55 bits per heavy atom. The van der Waals surface area contributed by atoms with Crippen LogP contribution in [0.2, 0.25) is 0 Å². The van der Waals surface area contributed by atoms with Gasteiger partial charge in [-0.25, -0.2) is 0 Å². The monoisotopic (exact) mass is 294 g/mol. The van der Waals surface area contributed by atoms with Gasteiger partial charge in [-0.1, -0.05) is 46.1 Å². The number of unbranched alkanes of at least 4 members (excludes halogenated alkanes) is 3. The van der Waals surface area contributed by atoms with Gasteiger partial charge in [0.1, 0.15) is 5.75 Å². The first kappa shape index (κ1) is 17.4. The highest BCUT2D eigenvalue weighted by molar-refractivity contribution is 7.99. The number of hydrogen-bond donors (Lipinski definition) is 1. The van der Waals surface area contributed by atoms with Crippen LogP contribution in [0.15, 0.2) is 17.0 Å². The number of benzene rings is 1. The second kappa shape index (κ2) is 10.1. The molecule has 0 unspecified atom stereocenters. The summed E-state index contributed by atoms with van der Waals surface area (Å²) in [4.78, 5) is 1.10. The Morgan fingerprint density at radius 1 is 0.900 bits per heavy atom. The highest BCUT2D eigenvalue weighted by Gasteiger charge is 2.10. The summed E-state index contributed by atoms with van der Waals surface area (Å²) in [7, 11) is 0. The lowest BCUT2D eigenvalue weighted by atomic mass is 10.0. The van der Waals surface area contributed by atoms with Gasteiger partial charge in [-0.3, -0.25) is 0 Å². The summed E-state index contributed by atoms with van der Waals surface area (Å²) >= 11 is 1.82. The summed E-state index contributed by atoms with van der Waals surface area (Å²) in [6, 6.07) is 4.44. The molecule has 114 valence electrons. The first-order chi connectivity index (χ1) is 9.72. The SMILES string of the molecule is CCCCSc1cc(CCCC)cc(CCCC)c1O. The Morgan fingerprint density at radius 3 is 2.20 bits per heavy atom. The van der Waals surface area contributed by atoms with E-state index in [1.165, 1.54) is 37.7 Å². The number of thioether (sulfide) groups is 1. The van der Waals surface area contributed by atoms with Gasteiger partial charge < -0.3 is 5.11 Å². The molecule has 0 amide bonds. The maximum absolute atomic E-state index is 10.4. The van der Waals surface area contributed by atoms with Gasteiger partial charge in [0.25, 0.3) is 0 Å². The summed E-state index contributed by atoms with van der Waals surface area (Å²) in [6.07, 6.45) is 9.36. The van der Waals surface area contributed by atoms with E-state index < -0.39 is 0 Å². The normalized spacial score (nSPS) is 10.9. The third-order valence-corrected chi connectivity index (χ3v) is 4.70. The van der Waals surface area contributed by atoms with Crippen LogP contribution >= 0.6 is 11.8 Å². The predicted molar refractivity (Wildman–Crippen MR) is 91.0 cm³/mol.